The first-order chi connectivity index (χ1) is 6.60. The Kier molecular flexibility index (Phi) is 3.55. The van der Waals surface area contributed by atoms with Gasteiger partial charge < -0.3 is 0 Å². The van der Waals surface area contributed by atoms with Gasteiger partial charge in [0.25, 0.3) is 5.56 Å². The topological polar surface area (TPSA) is 37.8 Å². The van der Waals surface area contributed by atoms with Crippen LogP contribution in [0.5, 0.6) is 0 Å². The highest BCUT2D eigenvalue weighted by Crippen LogP contribution is 2.04. The maximum absolute atomic E-state index is 11.8. The lowest BCUT2D eigenvalue weighted by atomic mass is 10.1. The molecule has 0 unspecified atom stereocenters. The van der Waals surface area contributed by atoms with Gasteiger partial charge in [-0.15, -0.1) is 0 Å². The third-order valence-electron chi connectivity index (χ3n) is 2.39. The van der Waals surface area contributed by atoms with Crippen molar-refractivity contribution in [3.8, 4) is 0 Å². The van der Waals surface area contributed by atoms with Gasteiger partial charge in [0.05, 0.1) is 0 Å². The first-order valence-corrected chi connectivity index (χ1v) is 5.40. The molecule has 80 valence electrons. The van der Waals surface area contributed by atoms with Crippen LogP contribution in [0.1, 0.15) is 39.0 Å². The summed E-state index contributed by atoms with van der Waals surface area (Å²) in [7, 11) is 0. The first kappa shape index (κ1) is 11.1. The van der Waals surface area contributed by atoms with Gasteiger partial charge in [0.1, 0.15) is 0 Å². The Hall–Kier alpha value is -0.990. The first-order valence-electron chi connectivity index (χ1n) is 5.40. The van der Waals surface area contributed by atoms with Crippen LogP contribution in [0.2, 0.25) is 0 Å². The molecular formula is C11H20N2O. The molecule has 0 fully saturated rings. The summed E-state index contributed by atoms with van der Waals surface area (Å²) in [5.41, 5.74) is 2.21. The van der Waals surface area contributed by atoms with Crippen molar-refractivity contribution in [2.45, 2.75) is 47.1 Å². The fourth-order valence-electron chi connectivity index (χ4n) is 1.72. The van der Waals surface area contributed by atoms with E-state index in [-0.39, 0.29) is 5.56 Å². The fourth-order valence-corrected chi connectivity index (χ4v) is 1.72. The van der Waals surface area contributed by atoms with Gasteiger partial charge in [0.2, 0.25) is 0 Å². The van der Waals surface area contributed by atoms with Gasteiger partial charge in [-0.2, -0.15) is 0 Å². The Labute approximate surface area is 85.1 Å². The molecule has 3 heteroatoms. The van der Waals surface area contributed by atoms with E-state index >= 15 is 0 Å². The van der Waals surface area contributed by atoms with Gasteiger partial charge in [0, 0.05) is 17.8 Å². The second-order valence-corrected chi connectivity index (χ2v) is 4.09. The Bertz CT molecular complexity index is 347. The van der Waals surface area contributed by atoms with Gasteiger partial charge in [-0.05, 0) is 18.8 Å². The molecule has 0 aliphatic carbocycles. The van der Waals surface area contributed by atoms with E-state index in [1.54, 1.807) is 4.68 Å². The third-order valence-corrected chi connectivity index (χ3v) is 2.39. The van der Waals surface area contributed by atoms with Gasteiger partial charge >= 0.3 is 0 Å². The molecule has 0 spiro atoms. The van der Waals surface area contributed by atoms with E-state index in [0.29, 0.717) is 5.92 Å². The number of nitrogens with one attached hydrogen (secondary N) is 1. The van der Waals surface area contributed by atoms with E-state index in [0.717, 1.165) is 30.6 Å². The zero-order valence-electron chi connectivity index (χ0n) is 9.55. The molecule has 1 aromatic heterocycles. The lowest BCUT2D eigenvalue weighted by molar-refractivity contribution is 0.470. The highest BCUT2D eigenvalue weighted by molar-refractivity contribution is 5.17. The van der Waals surface area contributed by atoms with Crippen molar-refractivity contribution in [2.75, 3.05) is 0 Å². The maximum Gasteiger partial charge on any atom is 0.269 e. The maximum atomic E-state index is 11.8. The van der Waals surface area contributed by atoms with Crippen molar-refractivity contribution >= 4 is 0 Å². The molecule has 0 bridgehead atoms. The van der Waals surface area contributed by atoms with Crippen LogP contribution in [0, 0.1) is 5.92 Å². The summed E-state index contributed by atoms with van der Waals surface area (Å²) in [6, 6.07) is 0. The number of aromatic nitrogens is 2. The largest absolute Gasteiger partial charge is 0.299 e. The number of aromatic amines is 1. The minimum Gasteiger partial charge on any atom is -0.299 e. The van der Waals surface area contributed by atoms with Crippen molar-refractivity contribution in [3.05, 3.63) is 21.6 Å². The molecule has 3 nitrogen and oxygen atoms in total. The van der Waals surface area contributed by atoms with Crippen LogP contribution in [-0.2, 0) is 19.4 Å². The number of aryl methyl sites for hydroxylation is 1. The number of H-pyrrole nitrogens is 1. The van der Waals surface area contributed by atoms with E-state index < -0.39 is 0 Å². The van der Waals surface area contributed by atoms with Crippen molar-refractivity contribution in [2.24, 2.45) is 5.92 Å². The Morgan fingerprint density at radius 2 is 1.93 bits per heavy atom. The van der Waals surface area contributed by atoms with Crippen LogP contribution in [-0.4, -0.2) is 9.78 Å². The van der Waals surface area contributed by atoms with Crippen molar-refractivity contribution in [3.63, 3.8) is 0 Å². The summed E-state index contributed by atoms with van der Waals surface area (Å²) in [5.74, 6) is 0.501. The second-order valence-electron chi connectivity index (χ2n) is 4.09. The summed E-state index contributed by atoms with van der Waals surface area (Å²) in [4.78, 5) is 11.8. The molecule has 0 radical (unpaired) electrons. The number of hydrogen-bond donors (Lipinski definition) is 1. The monoisotopic (exact) mass is 196 g/mol. The van der Waals surface area contributed by atoms with Crippen LogP contribution in [0.25, 0.3) is 0 Å². The van der Waals surface area contributed by atoms with E-state index in [4.69, 9.17) is 0 Å². The van der Waals surface area contributed by atoms with E-state index in [9.17, 15) is 4.79 Å². The molecule has 1 rings (SSSR count). The van der Waals surface area contributed by atoms with Crippen molar-refractivity contribution in [1.82, 2.24) is 9.78 Å². The van der Waals surface area contributed by atoms with Crippen LogP contribution >= 0.6 is 0 Å². The van der Waals surface area contributed by atoms with Crippen LogP contribution in [0.4, 0.5) is 0 Å². The van der Waals surface area contributed by atoms with Crippen LogP contribution < -0.4 is 5.56 Å². The molecule has 1 heterocycles. The third kappa shape index (κ3) is 2.08. The molecule has 1 aromatic rings. The Morgan fingerprint density at radius 1 is 1.29 bits per heavy atom. The predicted molar refractivity (Wildman–Crippen MR) is 58.6 cm³/mol. The van der Waals surface area contributed by atoms with Gasteiger partial charge in [0.15, 0.2) is 0 Å². The zero-order chi connectivity index (χ0) is 10.7. The normalized spacial score (nSPS) is 11.2. The average molecular weight is 196 g/mol. The van der Waals surface area contributed by atoms with Crippen molar-refractivity contribution in [1.29, 1.82) is 0 Å². The molecule has 0 aliphatic rings. The van der Waals surface area contributed by atoms with Crippen LogP contribution in [0.15, 0.2) is 4.79 Å². The molecule has 0 amide bonds. The molecule has 0 saturated heterocycles. The quantitative estimate of drug-likeness (QED) is 0.785. The second kappa shape index (κ2) is 4.49. The number of nitrogens with zero attached hydrogens (tertiary/aromatic N) is 1. The van der Waals surface area contributed by atoms with Gasteiger partial charge in [-0.1, -0.05) is 27.7 Å². The lowest BCUT2D eigenvalue weighted by Crippen LogP contribution is -2.21. The van der Waals surface area contributed by atoms with Crippen LogP contribution in [0.3, 0.4) is 0 Å². The molecule has 0 saturated carbocycles. The molecule has 0 aliphatic heterocycles. The standard InChI is InChI=1S/C11H20N2O/c1-5-9-10(6-2)12-13(11(9)14)7-8(3)4/h8,12H,5-7H2,1-4H3. The lowest BCUT2D eigenvalue weighted by Gasteiger charge is -2.04. The van der Waals surface area contributed by atoms with Gasteiger partial charge in [-0.3, -0.25) is 14.6 Å². The minimum atomic E-state index is 0.165. The Balaban J connectivity index is 3.08. The van der Waals surface area contributed by atoms with E-state index in [2.05, 4.69) is 25.9 Å². The van der Waals surface area contributed by atoms with E-state index in [1.165, 1.54) is 0 Å². The Morgan fingerprint density at radius 3 is 2.29 bits per heavy atom. The molecular weight excluding hydrogens is 176 g/mol. The fraction of sp³-hybridized carbons (Fsp3) is 0.727. The summed E-state index contributed by atoms with van der Waals surface area (Å²) < 4.78 is 1.74. The number of rotatable bonds is 4. The zero-order valence-corrected chi connectivity index (χ0v) is 9.55. The molecule has 14 heavy (non-hydrogen) atoms. The molecule has 0 atom stereocenters. The summed E-state index contributed by atoms with van der Waals surface area (Å²) in [6.07, 6.45) is 1.73. The molecule has 0 aromatic carbocycles. The molecule has 1 N–H and O–H groups in total. The SMILES string of the molecule is CCc1[nH]n(CC(C)C)c(=O)c1CC. The van der Waals surface area contributed by atoms with Crippen molar-refractivity contribution < 1.29 is 0 Å². The number of hydrogen-bond acceptors (Lipinski definition) is 1. The summed E-state index contributed by atoms with van der Waals surface area (Å²) in [5, 5.41) is 3.19. The predicted octanol–water partition coefficient (Wildman–Crippen LogP) is 1.96. The smallest absolute Gasteiger partial charge is 0.269 e. The van der Waals surface area contributed by atoms with Gasteiger partial charge in [-0.25, -0.2) is 0 Å². The highest BCUT2D eigenvalue weighted by Gasteiger charge is 2.11. The highest BCUT2D eigenvalue weighted by atomic mass is 16.1. The average Bonchev–Trinajstić information content (AvgIpc) is 2.42. The summed E-state index contributed by atoms with van der Waals surface area (Å²) >= 11 is 0. The summed E-state index contributed by atoms with van der Waals surface area (Å²) in [6.45, 7) is 9.12. The van der Waals surface area contributed by atoms with E-state index in [1.807, 2.05) is 6.92 Å². The minimum absolute atomic E-state index is 0.165.